The van der Waals surface area contributed by atoms with Crippen LogP contribution in [0.15, 0.2) is 201 Å². The quantitative estimate of drug-likeness (QED) is 0.148. The van der Waals surface area contributed by atoms with Gasteiger partial charge in [-0.1, -0.05) is 189 Å². The smallest absolute Gasteiger partial charge is 0.0715 e. The molecule has 0 N–H and O–H groups in total. The first-order chi connectivity index (χ1) is 23.7. The lowest BCUT2D eigenvalue weighted by molar-refractivity contribution is 1.32. The molecule has 0 aliphatic heterocycles. The lowest BCUT2D eigenvalue weighted by Gasteiger charge is -2.12. The summed E-state index contributed by atoms with van der Waals surface area (Å²) in [7, 11) is 0. The van der Waals surface area contributed by atoms with Crippen LogP contribution in [0.1, 0.15) is 5.56 Å². The Morgan fingerprint density at radius 1 is 0.375 bits per heavy atom. The van der Waals surface area contributed by atoms with E-state index in [2.05, 4.69) is 177 Å². The third-order valence-electron chi connectivity index (χ3n) is 8.69. The molecule has 0 spiro atoms. The second kappa shape index (κ2) is 14.0. The summed E-state index contributed by atoms with van der Waals surface area (Å²) >= 11 is 0. The van der Waals surface area contributed by atoms with Crippen molar-refractivity contribution in [3.05, 3.63) is 207 Å². The van der Waals surface area contributed by atoms with E-state index < -0.39 is 0 Å². The van der Waals surface area contributed by atoms with Crippen molar-refractivity contribution in [2.75, 3.05) is 0 Å². The van der Waals surface area contributed by atoms with Crippen molar-refractivity contribution in [3.63, 3.8) is 0 Å². The van der Waals surface area contributed by atoms with E-state index in [-0.39, 0.29) is 0 Å². The standard InChI is InChI=1S/C47H35N/c1-3-11-34(4-2)37-16-18-39(19-17-37)41-24-28-43(29-25-41)46-32-45(36-14-9-6-10-15-36)33-47(48-46)44-30-26-42(27-31-44)40-22-20-38(21-23-40)35-12-7-5-8-13-35/h3-33H,1-2H2/b34-11+. The molecule has 1 heterocycles. The van der Waals surface area contributed by atoms with Crippen molar-refractivity contribution >= 4 is 5.57 Å². The highest BCUT2D eigenvalue weighted by atomic mass is 14.7. The SMILES string of the molecule is C=C/C=C(\C=C)c1ccc(-c2ccc(-c3cc(-c4ccccc4)cc(-c4ccc(-c5ccc(-c6ccccc6)cc5)cc4)n3)cc2)cc1. The molecule has 0 saturated carbocycles. The number of hydrogen-bond acceptors (Lipinski definition) is 1. The third kappa shape index (κ3) is 6.63. The van der Waals surface area contributed by atoms with Crippen molar-refractivity contribution in [3.8, 4) is 67.0 Å². The maximum Gasteiger partial charge on any atom is 0.0715 e. The average Bonchev–Trinajstić information content (AvgIpc) is 3.18. The highest BCUT2D eigenvalue weighted by Gasteiger charge is 2.11. The van der Waals surface area contributed by atoms with Gasteiger partial charge in [-0.05, 0) is 67.8 Å². The Bertz CT molecular complexity index is 2190. The molecule has 0 aliphatic rings. The number of pyridine rings is 1. The zero-order valence-corrected chi connectivity index (χ0v) is 26.8. The summed E-state index contributed by atoms with van der Waals surface area (Å²) < 4.78 is 0. The molecule has 48 heavy (non-hydrogen) atoms. The van der Waals surface area contributed by atoms with Crippen LogP contribution in [0, 0.1) is 0 Å². The molecule has 6 aromatic carbocycles. The summed E-state index contributed by atoms with van der Waals surface area (Å²) in [5.74, 6) is 0. The molecule has 0 bridgehead atoms. The minimum Gasteiger partial charge on any atom is -0.248 e. The first-order valence-electron chi connectivity index (χ1n) is 16.2. The maximum atomic E-state index is 5.18. The van der Waals surface area contributed by atoms with Gasteiger partial charge in [-0.15, -0.1) is 0 Å². The van der Waals surface area contributed by atoms with Gasteiger partial charge in [0.15, 0.2) is 0 Å². The molecule has 7 aromatic rings. The van der Waals surface area contributed by atoms with Gasteiger partial charge < -0.3 is 0 Å². The molecule has 0 unspecified atom stereocenters. The largest absolute Gasteiger partial charge is 0.248 e. The molecule has 1 aromatic heterocycles. The van der Waals surface area contributed by atoms with E-state index in [1.807, 2.05) is 18.2 Å². The molecule has 0 amide bonds. The molecule has 0 fully saturated rings. The number of hydrogen-bond donors (Lipinski definition) is 0. The Balaban J connectivity index is 1.18. The molecule has 1 nitrogen and oxygen atoms in total. The van der Waals surface area contributed by atoms with Crippen LogP contribution in [0.25, 0.3) is 72.6 Å². The molecular weight excluding hydrogens is 579 g/mol. The Morgan fingerprint density at radius 3 is 1.08 bits per heavy atom. The monoisotopic (exact) mass is 613 g/mol. The molecule has 0 saturated heterocycles. The van der Waals surface area contributed by atoms with Crippen molar-refractivity contribution in [1.29, 1.82) is 0 Å². The number of rotatable bonds is 9. The number of nitrogens with zero attached hydrogens (tertiary/aromatic N) is 1. The lowest BCUT2D eigenvalue weighted by Crippen LogP contribution is -1.92. The van der Waals surface area contributed by atoms with E-state index in [9.17, 15) is 0 Å². The third-order valence-corrected chi connectivity index (χ3v) is 8.69. The van der Waals surface area contributed by atoms with Gasteiger partial charge in [0.1, 0.15) is 0 Å². The van der Waals surface area contributed by atoms with Crippen molar-refractivity contribution in [1.82, 2.24) is 4.98 Å². The summed E-state index contributed by atoms with van der Waals surface area (Å²) in [5.41, 5.74) is 15.7. The van der Waals surface area contributed by atoms with E-state index >= 15 is 0 Å². The van der Waals surface area contributed by atoms with Crippen LogP contribution in [0.5, 0.6) is 0 Å². The minimum absolute atomic E-state index is 0.944. The average molecular weight is 614 g/mol. The molecule has 228 valence electrons. The number of benzene rings is 6. The van der Waals surface area contributed by atoms with Gasteiger partial charge in [0.2, 0.25) is 0 Å². The summed E-state index contributed by atoms with van der Waals surface area (Å²) in [6.45, 7) is 7.75. The fourth-order valence-corrected chi connectivity index (χ4v) is 6.04. The van der Waals surface area contributed by atoms with Gasteiger partial charge in [-0.25, -0.2) is 4.98 Å². The van der Waals surface area contributed by atoms with Crippen molar-refractivity contribution in [2.24, 2.45) is 0 Å². The second-order valence-corrected chi connectivity index (χ2v) is 11.7. The highest BCUT2D eigenvalue weighted by molar-refractivity contribution is 5.80. The summed E-state index contributed by atoms with van der Waals surface area (Å²) in [6.07, 6.45) is 5.62. The molecule has 0 atom stereocenters. The molecule has 0 radical (unpaired) electrons. The van der Waals surface area contributed by atoms with Crippen molar-refractivity contribution < 1.29 is 0 Å². The molecule has 1 heteroatoms. The normalized spacial score (nSPS) is 11.2. The van der Waals surface area contributed by atoms with Gasteiger partial charge in [0.25, 0.3) is 0 Å². The van der Waals surface area contributed by atoms with Crippen LogP contribution in [0.2, 0.25) is 0 Å². The molecular formula is C47H35N. The van der Waals surface area contributed by atoms with Gasteiger partial charge in [0.05, 0.1) is 11.4 Å². The van der Waals surface area contributed by atoms with E-state index in [1.54, 1.807) is 6.08 Å². The Hall–Kier alpha value is -6.31. The first-order valence-corrected chi connectivity index (χ1v) is 16.2. The number of aromatic nitrogens is 1. The van der Waals surface area contributed by atoms with Crippen LogP contribution >= 0.6 is 0 Å². The summed E-state index contributed by atoms with van der Waals surface area (Å²) in [6, 6.07) is 60.1. The van der Waals surface area contributed by atoms with E-state index in [1.165, 1.54) is 27.8 Å². The lowest BCUT2D eigenvalue weighted by atomic mass is 9.96. The predicted octanol–water partition coefficient (Wildman–Crippen LogP) is 12.8. The van der Waals surface area contributed by atoms with E-state index in [0.29, 0.717) is 0 Å². The maximum absolute atomic E-state index is 5.18. The van der Waals surface area contributed by atoms with Crippen LogP contribution in [0.3, 0.4) is 0 Å². The molecule has 0 aliphatic carbocycles. The van der Waals surface area contributed by atoms with Crippen LogP contribution < -0.4 is 0 Å². The van der Waals surface area contributed by atoms with Crippen LogP contribution in [-0.2, 0) is 0 Å². The van der Waals surface area contributed by atoms with Crippen LogP contribution in [-0.4, -0.2) is 4.98 Å². The van der Waals surface area contributed by atoms with Gasteiger partial charge in [-0.2, -0.15) is 0 Å². The predicted molar refractivity (Wildman–Crippen MR) is 205 cm³/mol. The van der Waals surface area contributed by atoms with Gasteiger partial charge >= 0.3 is 0 Å². The fourth-order valence-electron chi connectivity index (χ4n) is 6.04. The Morgan fingerprint density at radius 2 is 0.708 bits per heavy atom. The van der Waals surface area contributed by atoms with Gasteiger partial charge in [0, 0.05) is 11.1 Å². The topological polar surface area (TPSA) is 12.9 Å². The zero-order valence-electron chi connectivity index (χ0n) is 26.8. The van der Waals surface area contributed by atoms with E-state index in [4.69, 9.17) is 4.98 Å². The Kier molecular flexibility index (Phi) is 8.85. The Labute approximate surface area is 283 Å². The summed E-state index contributed by atoms with van der Waals surface area (Å²) in [4.78, 5) is 5.18. The van der Waals surface area contributed by atoms with Crippen LogP contribution in [0.4, 0.5) is 0 Å². The van der Waals surface area contributed by atoms with Crippen molar-refractivity contribution in [2.45, 2.75) is 0 Å². The fraction of sp³-hybridized carbons (Fsp3) is 0. The molecule has 7 rings (SSSR count). The minimum atomic E-state index is 0.944. The zero-order chi connectivity index (χ0) is 32.7. The van der Waals surface area contributed by atoms with E-state index in [0.717, 1.165) is 50.3 Å². The first kappa shape index (κ1) is 30.3. The summed E-state index contributed by atoms with van der Waals surface area (Å²) in [5, 5.41) is 0. The number of allylic oxidation sites excluding steroid dienone is 4. The second-order valence-electron chi connectivity index (χ2n) is 11.7. The highest BCUT2D eigenvalue weighted by Crippen LogP contribution is 2.33. The van der Waals surface area contributed by atoms with Gasteiger partial charge in [-0.3, -0.25) is 0 Å².